The van der Waals surface area contributed by atoms with Crippen LogP contribution in [0.25, 0.3) is 0 Å². The topological polar surface area (TPSA) is 78.5 Å². The number of hydrogen-bond donors (Lipinski definition) is 2. The molecule has 0 spiro atoms. The van der Waals surface area contributed by atoms with E-state index in [0.29, 0.717) is 30.5 Å². The fourth-order valence-corrected chi connectivity index (χ4v) is 8.15. The number of nitrogens with one attached hydrogen (secondary N) is 2. The van der Waals surface area contributed by atoms with Gasteiger partial charge in [-0.15, -0.1) is 11.8 Å². The van der Waals surface area contributed by atoms with Crippen LogP contribution >= 0.6 is 11.8 Å². The van der Waals surface area contributed by atoms with Gasteiger partial charge in [-0.1, -0.05) is 32.3 Å². The first kappa shape index (κ1) is 32.8. The third kappa shape index (κ3) is 10.6. The van der Waals surface area contributed by atoms with Gasteiger partial charge in [-0.25, -0.2) is 0 Å². The molecule has 0 heterocycles. The molecular formula is C33H53N3O3S. The van der Waals surface area contributed by atoms with Gasteiger partial charge in [-0.2, -0.15) is 0 Å². The van der Waals surface area contributed by atoms with Gasteiger partial charge in [0.25, 0.3) is 0 Å². The van der Waals surface area contributed by atoms with Crippen LogP contribution in [0, 0.1) is 17.8 Å². The standard InChI is InChI=1S/C33H53N3O3S/c1-25-16-26-18-27(17-25)21-33(2,20-26)35-14-8-6-5-7-9-15-40-31-12-10-28(23-37)29(19-31)22-36(4)30(24-38)11-13-32(39)34-3/h10,12,19,23-27,30,35H,5-9,11,13-18,20-22H2,1-4H3,(H,34,39). The highest BCUT2D eigenvalue weighted by atomic mass is 32.2. The third-order valence-electron chi connectivity index (χ3n) is 9.09. The van der Waals surface area contributed by atoms with E-state index in [2.05, 4.69) is 30.5 Å². The van der Waals surface area contributed by atoms with E-state index in [4.69, 9.17) is 0 Å². The predicted octanol–water partition coefficient (Wildman–Crippen LogP) is 6.26. The zero-order valence-corrected chi connectivity index (χ0v) is 26.2. The Morgan fingerprint density at radius 3 is 2.48 bits per heavy atom. The minimum absolute atomic E-state index is 0.0747. The minimum atomic E-state index is -0.364. The molecule has 2 N–H and O–H groups in total. The Hall–Kier alpha value is -1.70. The van der Waals surface area contributed by atoms with Crippen molar-refractivity contribution in [2.45, 2.75) is 114 Å². The average molecular weight is 572 g/mol. The molecule has 0 aliphatic heterocycles. The molecule has 3 unspecified atom stereocenters. The second kappa shape index (κ2) is 16.7. The Morgan fingerprint density at radius 2 is 1.80 bits per heavy atom. The molecule has 6 nitrogen and oxygen atoms in total. The number of likely N-dealkylation sites (N-methyl/N-ethyl adjacent to an activating group) is 1. The van der Waals surface area contributed by atoms with Crippen LogP contribution in [0.4, 0.5) is 0 Å². The van der Waals surface area contributed by atoms with Gasteiger partial charge in [0.1, 0.15) is 12.6 Å². The summed E-state index contributed by atoms with van der Waals surface area (Å²) in [7, 11) is 3.47. The maximum atomic E-state index is 11.6. The van der Waals surface area contributed by atoms with Gasteiger partial charge in [-0.3, -0.25) is 14.5 Å². The number of nitrogens with zero attached hydrogens (tertiary/aromatic N) is 1. The van der Waals surface area contributed by atoms with Crippen LogP contribution in [0.2, 0.25) is 0 Å². The quantitative estimate of drug-likeness (QED) is 0.123. The summed E-state index contributed by atoms with van der Waals surface area (Å²) in [5.74, 6) is 3.81. The van der Waals surface area contributed by atoms with Crippen LogP contribution in [-0.4, -0.2) is 61.4 Å². The Labute approximate surface area is 247 Å². The zero-order valence-electron chi connectivity index (χ0n) is 25.4. The smallest absolute Gasteiger partial charge is 0.219 e. The first-order chi connectivity index (χ1) is 19.2. The van der Waals surface area contributed by atoms with E-state index < -0.39 is 0 Å². The molecule has 3 atom stereocenters. The molecule has 2 bridgehead atoms. The van der Waals surface area contributed by atoms with Crippen molar-refractivity contribution in [1.82, 2.24) is 15.5 Å². The molecule has 2 saturated carbocycles. The molecule has 2 fully saturated rings. The van der Waals surface area contributed by atoms with E-state index in [9.17, 15) is 14.4 Å². The lowest BCUT2D eigenvalue weighted by molar-refractivity contribution is -0.121. The second-order valence-electron chi connectivity index (χ2n) is 12.9. The van der Waals surface area contributed by atoms with Gasteiger partial charge in [-0.05, 0) is 113 Å². The fraction of sp³-hybridized carbons (Fsp3) is 0.727. The first-order valence-electron chi connectivity index (χ1n) is 15.6. The zero-order chi connectivity index (χ0) is 29.0. The lowest BCUT2D eigenvalue weighted by Gasteiger charge is -2.47. The minimum Gasteiger partial charge on any atom is -0.359 e. The number of aldehydes is 2. The summed E-state index contributed by atoms with van der Waals surface area (Å²) in [6, 6.07) is 5.62. The van der Waals surface area contributed by atoms with Gasteiger partial charge >= 0.3 is 0 Å². The third-order valence-corrected chi connectivity index (χ3v) is 10.2. The van der Waals surface area contributed by atoms with Gasteiger partial charge < -0.3 is 15.4 Å². The lowest BCUT2D eigenvalue weighted by Crippen LogP contribution is -2.50. The fourth-order valence-electron chi connectivity index (χ4n) is 7.18. The summed E-state index contributed by atoms with van der Waals surface area (Å²) in [6.45, 7) is 6.56. The van der Waals surface area contributed by atoms with Crippen molar-refractivity contribution in [3.05, 3.63) is 29.3 Å². The van der Waals surface area contributed by atoms with Crippen molar-refractivity contribution in [3.63, 3.8) is 0 Å². The van der Waals surface area contributed by atoms with Gasteiger partial charge in [0.15, 0.2) is 0 Å². The van der Waals surface area contributed by atoms with E-state index in [0.717, 1.165) is 53.1 Å². The van der Waals surface area contributed by atoms with Gasteiger partial charge in [0.05, 0.1) is 6.04 Å². The van der Waals surface area contributed by atoms with Crippen molar-refractivity contribution in [3.8, 4) is 0 Å². The van der Waals surface area contributed by atoms with Crippen LogP contribution in [0.5, 0.6) is 0 Å². The van der Waals surface area contributed by atoms with Crippen molar-refractivity contribution in [1.29, 1.82) is 0 Å². The summed E-state index contributed by atoms with van der Waals surface area (Å²) >= 11 is 1.84. The number of amides is 1. The maximum absolute atomic E-state index is 11.6. The van der Waals surface area contributed by atoms with Crippen LogP contribution < -0.4 is 10.6 Å². The Balaban J connectivity index is 1.32. The number of unbranched alkanes of at least 4 members (excludes halogenated alkanes) is 4. The summed E-state index contributed by atoms with van der Waals surface area (Å²) in [5.41, 5.74) is 1.93. The number of benzene rings is 1. The summed E-state index contributed by atoms with van der Waals surface area (Å²) < 4.78 is 0. The van der Waals surface area contributed by atoms with Crippen molar-refractivity contribution < 1.29 is 14.4 Å². The molecule has 0 saturated heterocycles. The van der Waals surface area contributed by atoms with Crippen LogP contribution in [0.15, 0.2) is 23.1 Å². The number of carbonyl (C=O) groups is 3. The normalized spacial score (nSPS) is 25.0. The van der Waals surface area contributed by atoms with Gasteiger partial charge in [0.2, 0.25) is 5.91 Å². The van der Waals surface area contributed by atoms with Crippen molar-refractivity contribution in [2.24, 2.45) is 17.8 Å². The van der Waals surface area contributed by atoms with Gasteiger partial charge in [0, 0.05) is 36.0 Å². The number of carbonyl (C=O) groups excluding carboxylic acids is 3. The Kier molecular flexibility index (Phi) is 13.7. The van der Waals surface area contributed by atoms with Crippen LogP contribution in [-0.2, 0) is 16.1 Å². The van der Waals surface area contributed by atoms with Crippen molar-refractivity contribution >= 4 is 30.2 Å². The molecule has 0 aromatic heterocycles. The summed E-state index contributed by atoms with van der Waals surface area (Å²) in [6.07, 6.45) is 15.9. The number of rotatable bonds is 18. The Morgan fingerprint density at radius 1 is 1.10 bits per heavy atom. The molecule has 3 rings (SSSR count). The van der Waals surface area contributed by atoms with E-state index in [1.807, 2.05) is 35.8 Å². The summed E-state index contributed by atoms with van der Waals surface area (Å²) in [4.78, 5) is 37.9. The summed E-state index contributed by atoms with van der Waals surface area (Å²) in [5, 5.41) is 6.54. The molecule has 2 aliphatic rings. The van der Waals surface area contributed by atoms with E-state index >= 15 is 0 Å². The van der Waals surface area contributed by atoms with Crippen molar-refractivity contribution in [2.75, 3.05) is 26.4 Å². The van der Waals surface area contributed by atoms with E-state index in [-0.39, 0.29) is 11.9 Å². The van der Waals surface area contributed by atoms with Crippen LogP contribution in [0.1, 0.15) is 107 Å². The molecule has 2 aliphatic carbocycles. The highest BCUT2D eigenvalue weighted by molar-refractivity contribution is 7.99. The molecule has 40 heavy (non-hydrogen) atoms. The second-order valence-corrected chi connectivity index (χ2v) is 14.0. The average Bonchev–Trinajstić information content (AvgIpc) is 2.91. The van der Waals surface area contributed by atoms with Crippen LogP contribution in [0.3, 0.4) is 0 Å². The lowest BCUT2D eigenvalue weighted by atomic mass is 9.62. The highest BCUT2D eigenvalue weighted by Crippen LogP contribution is 2.46. The molecule has 0 radical (unpaired) electrons. The Bertz CT molecular complexity index is 937. The molecule has 1 aromatic rings. The van der Waals surface area contributed by atoms with E-state index in [1.54, 1.807) is 7.05 Å². The molecule has 1 amide bonds. The first-order valence-corrected chi connectivity index (χ1v) is 16.6. The number of hydrogen-bond acceptors (Lipinski definition) is 6. The number of fused-ring (bicyclic) bond motifs is 2. The highest BCUT2D eigenvalue weighted by Gasteiger charge is 2.40. The SMILES string of the molecule is CNC(=O)CCC(C=O)N(C)Cc1cc(SCCCCCCCNC2(C)CC3CC(C)CC(C3)C2)ccc1C=O. The molecule has 1 aromatic carbocycles. The molecule has 7 heteroatoms. The monoisotopic (exact) mass is 571 g/mol. The predicted molar refractivity (Wildman–Crippen MR) is 166 cm³/mol. The number of thioether (sulfide) groups is 1. The van der Waals surface area contributed by atoms with E-state index in [1.165, 1.54) is 64.2 Å². The molecular weight excluding hydrogens is 518 g/mol. The largest absolute Gasteiger partial charge is 0.359 e. The maximum Gasteiger partial charge on any atom is 0.219 e. The molecule has 224 valence electrons.